The standard InChI is InChI=1S/C22H21NO5/c1-4-13(2)23-20(25)17-11-10-16(12-18(17)21(23)26)22(27)28-14(3)19(24)15-8-6-5-7-9-15/h5-14H,4H2,1-3H3. The minimum Gasteiger partial charge on any atom is -0.451 e. The van der Waals surface area contributed by atoms with Crippen molar-refractivity contribution in [3.63, 3.8) is 0 Å². The highest BCUT2D eigenvalue weighted by Crippen LogP contribution is 2.27. The van der Waals surface area contributed by atoms with E-state index in [0.717, 1.165) is 0 Å². The van der Waals surface area contributed by atoms with Crippen molar-refractivity contribution < 1.29 is 23.9 Å². The van der Waals surface area contributed by atoms with Crippen LogP contribution in [0.5, 0.6) is 0 Å². The monoisotopic (exact) mass is 379 g/mol. The van der Waals surface area contributed by atoms with E-state index >= 15 is 0 Å². The number of hydrogen-bond acceptors (Lipinski definition) is 5. The van der Waals surface area contributed by atoms with Crippen molar-refractivity contribution in [2.45, 2.75) is 39.3 Å². The van der Waals surface area contributed by atoms with Gasteiger partial charge in [-0.3, -0.25) is 19.3 Å². The minimum absolute atomic E-state index is 0.124. The Bertz CT molecular complexity index is 951. The SMILES string of the molecule is CCC(C)N1C(=O)c2ccc(C(=O)OC(C)C(=O)c3ccccc3)cc2C1=O. The molecule has 2 aromatic carbocycles. The second-order valence-electron chi connectivity index (χ2n) is 6.78. The number of carbonyl (C=O) groups excluding carboxylic acids is 4. The lowest BCUT2D eigenvalue weighted by molar-refractivity contribution is 0.0318. The summed E-state index contributed by atoms with van der Waals surface area (Å²) in [5.74, 6) is -1.81. The molecule has 0 fully saturated rings. The third-order valence-corrected chi connectivity index (χ3v) is 4.90. The molecule has 28 heavy (non-hydrogen) atoms. The number of imide groups is 1. The number of Topliss-reactive ketones (excluding diaryl/α,β-unsaturated/α-hetero) is 1. The van der Waals surface area contributed by atoms with Crippen LogP contribution in [-0.2, 0) is 4.74 Å². The number of ketones is 1. The maximum atomic E-state index is 12.6. The van der Waals surface area contributed by atoms with Crippen molar-refractivity contribution in [1.29, 1.82) is 0 Å². The summed E-state index contributed by atoms with van der Waals surface area (Å²) < 4.78 is 5.27. The third kappa shape index (κ3) is 3.45. The van der Waals surface area contributed by atoms with E-state index in [0.29, 0.717) is 12.0 Å². The molecule has 0 spiro atoms. The van der Waals surface area contributed by atoms with Crippen molar-refractivity contribution in [2.75, 3.05) is 0 Å². The fourth-order valence-electron chi connectivity index (χ4n) is 3.09. The fourth-order valence-corrected chi connectivity index (χ4v) is 3.09. The van der Waals surface area contributed by atoms with Gasteiger partial charge < -0.3 is 4.74 Å². The van der Waals surface area contributed by atoms with Gasteiger partial charge in [0.2, 0.25) is 5.78 Å². The number of nitrogens with zero attached hydrogens (tertiary/aromatic N) is 1. The number of benzene rings is 2. The number of ether oxygens (including phenoxy) is 1. The van der Waals surface area contributed by atoms with E-state index < -0.39 is 18.0 Å². The molecule has 2 amide bonds. The number of hydrogen-bond donors (Lipinski definition) is 0. The Balaban J connectivity index is 1.78. The van der Waals surface area contributed by atoms with Gasteiger partial charge in [0.05, 0.1) is 16.7 Å². The van der Waals surface area contributed by atoms with Gasteiger partial charge in [0.15, 0.2) is 6.10 Å². The van der Waals surface area contributed by atoms with Crippen LogP contribution in [0.15, 0.2) is 48.5 Å². The van der Waals surface area contributed by atoms with Crippen LogP contribution in [-0.4, -0.2) is 40.6 Å². The molecule has 2 atom stereocenters. The van der Waals surface area contributed by atoms with Gasteiger partial charge in [-0.1, -0.05) is 37.3 Å². The molecule has 1 heterocycles. The van der Waals surface area contributed by atoms with Crippen molar-refractivity contribution in [1.82, 2.24) is 4.90 Å². The third-order valence-electron chi connectivity index (χ3n) is 4.90. The highest BCUT2D eigenvalue weighted by atomic mass is 16.5. The molecule has 0 aromatic heterocycles. The predicted octanol–water partition coefficient (Wildman–Crippen LogP) is 3.51. The lowest BCUT2D eigenvalue weighted by atomic mass is 10.1. The first-order valence-electron chi connectivity index (χ1n) is 9.17. The molecule has 0 radical (unpaired) electrons. The summed E-state index contributed by atoms with van der Waals surface area (Å²) in [6.45, 7) is 5.19. The second kappa shape index (κ2) is 7.76. The Kier molecular flexibility index (Phi) is 5.40. The van der Waals surface area contributed by atoms with E-state index in [4.69, 9.17) is 4.74 Å². The predicted molar refractivity (Wildman–Crippen MR) is 102 cm³/mol. The van der Waals surface area contributed by atoms with Crippen molar-refractivity contribution in [3.8, 4) is 0 Å². The molecular weight excluding hydrogens is 358 g/mol. The zero-order chi connectivity index (χ0) is 20.4. The molecule has 0 aliphatic carbocycles. The Morgan fingerprint density at radius 1 is 0.929 bits per heavy atom. The molecule has 1 aliphatic rings. The molecule has 144 valence electrons. The summed E-state index contributed by atoms with van der Waals surface area (Å²) in [6.07, 6.45) is -0.337. The Morgan fingerprint density at radius 3 is 2.21 bits per heavy atom. The second-order valence-corrected chi connectivity index (χ2v) is 6.78. The lowest BCUT2D eigenvalue weighted by Crippen LogP contribution is -2.37. The van der Waals surface area contributed by atoms with Gasteiger partial charge in [-0.2, -0.15) is 0 Å². The van der Waals surface area contributed by atoms with Crippen LogP contribution in [0.25, 0.3) is 0 Å². The van der Waals surface area contributed by atoms with Gasteiger partial charge >= 0.3 is 5.97 Å². The number of rotatable bonds is 6. The van der Waals surface area contributed by atoms with Crippen LogP contribution in [0.2, 0.25) is 0 Å². The van der Waals surface area contributed by atoms with Crippen LogP contribution in [0.1, 0.15) is 68.6 Å². The number of carbonyl (C=O) groups is 4. The van der Waals surface area contributed by atoms with Crippen molar-refractivity contribution >= 4 is 23.6 Å². The Labute approximate surface area is 163 Å². The molecule has 1 aliphatic heterocycles. The summed E-state index contributed by atoms with van der Waals surface area (Å²) in [4.78, 5) is 51.1. The van der Waals surface area contributed by atoms with Gasteiger partial charge in [0.25, 0.3) is 11.8 Å². The van der Waals surface area contributed by atoms with Gasteiger partial charge in [-0.05, 0) is 38.5 Å². The van der Waals surface area contributed by atoms with E-state index in [-0.39, 0.29) is 34.4 Å². The first kappa shape index (κ1) is 19.5. The first-order valence-corrected chi connectivity index (χ1v) is 9.17. The van der Waals surface area contributed by atoms with Gasteiger partial charge in [0.1, 0.15) is 0 Å². The molecule has 0 N–H and O–H groups in total. The Morgan fingerprint density at radius 2 is 1.57 bits per heavy atom. The molecule has 0 saturated heterocycles. The average molecular weight is 379 g/mol. The maximum Gasteiger partial charge on any atom is 0.338 e. The summed E-state index contributed by atoms with van der Waals surface area (Å²) in [5.41, 5.74) is 1.03. The molecule has 0 saturated carbocycles. The highest BCUT2D eigenvalue weighted by Gasteiger charge is 2.38. The van der Waals surface area contributed by atoms with E-state index in [9.17, 15) is 19.2 Å². The maximum absolute atomic E-state index is 12.6. The summed E-state index contributed by atoms with van der Waals surface area (Å²) in [7, 11) is 0. The molecule has 2 unspecified atom stereocenters. The van der Waals surface area contributed by atoms with Crippen molar-refractivity contribution in [2.24, 2.45) is 0 Å². The fraction of sp³-hybridized carbons (Fsp3) is 0.273. The summed E-state index contributed by atoms with van der Waals surface area (Å²) in [5, 5.41) is 0. The lowest BCUT2D eigenvalue weighted by Gasteiger charge is -2.20. The molecule has 3 rings (SSSR count). The smallest absolute Gasteiger partial charge is 0.338 e. The number of fused-ring (bicyclic) bond motifs is 1. The van der Waals surface area contributed by atoms with Gasteiger partial charge in [-0.25, -0.2) is 4.79 Å². The molecule has 0 bridgehead atoms. The topological polar surface area (TPSA) is 80.8 Å². The minimum atomic E-state index is -0.975. The largest absolute Gasteiger partial charge is 0.451 e. The molecule has 6 nitrogen and oxygen atoms in total. The zero-order valence-electron chi connectivity index (χ0n) is 16.0. The molecule has 2 aromatic rings. The number of amides is 2. The van der Waals surface area contributed by atoms with E-state index in [1.807, 2.05) is 6.92 Å². The van der Waals surface area contributed by atoms with Crippen LogP contribution in [0.4, 0.5) is 0 Å². The molecule has 6 heteroatoms. The highest BCUT2D eigenvalue weighted by molar-refractivity contribution is 6.22. The van der Waals surface area contributed by atoms with Crippen LogP contribution >= 0.6 is 0 Å². The van der Waals surface area contributed by atoms with E-state index in [1.165, 1.54) is 30.0 Å². The number of esters is 1. The molecular formula is C22H21NO5. The normalized spacial score (nSPS) is 15.2. The Hall–Kier alpha value is -3.28. The summed E-state index contributed by atoms with van der Waals surface area (Å²) in [6, 6.07) is 12.6. The van der Waals surface area contributed by atoms with Gasteiger partial charge in [-0.15, -0.1) is 0 Å². The average Bonchev–Trinajstić information content (AvgIpc) is 2.97. The quantitative estimate of drug-likeness (QED) is 0.436. The van der Waals surface area contributed by atoms with E-state index in [2.05, 4.69) is 0 Å². The van der Waals surface area contributed by atoms with Crippen LogP contribution in [0.3, 0.4) is 0 Å². The van der Waals surface area contributed by atoms with Crippen LogP contribution < -0.4 is 0 Å². The first-order chi connectivity index (χ1) is 13.3. The van der Waals surface area contributed by atoms with E-state index in [1.54, 1.807) is 37.3 Å². The van der Waals surface area contributed by atoms with Crippen molar-refractivity contribution in [3.05, 3.63) is 70.8 Å². The van der Waals surface area contributed by atoms with Crippen LogP contribution in [0, 0.1) is 0 Å². The summed E-state index contributed by atoms with van der Waals surface area (Å²) >= 11 is 0. The van der Waals surface area contributed by atoms with Gasteiger partial charge in [0, 0.05) is 11.6 Å². The zero-order valence-corrected chi connectivity index (χ0v) is 16.0.